The highest BCUT2D eigenvalue weighted by Crippen LogP contribution is 2.32. The standard InChI is InChI=1S/C21H21N3O5/c25-19(22-11-15-6-8-17-18(10-15)29-13-28-17)9-7-16-20(26)24(21(27)23-16)12-14-4-2-1-3-5-14/h1-6,8,10,16H,7,9,11-13H2,(H,22,25)(H,23,27). The molecule has 8 nitrogen and oxygen atoms in total. The van der Waals surface area contributed by atoms with Crippen LogP contribution < -0.4 is 20.1 Å². The van der Waals surface area contributed by atoms with Gasteiger partial charge in [0.05, 0.1) is 6.54 Å². The Morgan fingerprint density at radius 2 is 1.86 bits per heavy atom. The van der Waals surface area contributed by atoms with Crippen LogP contribution in [0.4, 0.5) is 4.79 Å². The van der Waals surface area contributed by atoms with E-state index < -0.39 is 12.1 Å². The Kier molecular flexibility index (Phi) is 5.33. The molecule has 0 aliphatic carbocycles. The molecule has 2 aromatic rings. The summed E-state index contributed by atoms with van der Waals surface area (Å²) in [4.78, 5) is 38.0. The molecule has 4 rings (SSSR count). The summed E-state index contributed by atoms with van der Waals surface area (Å²) >= 11 is 0. The van der Waals surface area contributed by atoms with Gasteiger partial charge in [-0.15, -0.1) is 0 Å². The van der Waals surface area contributed by atoms with E-state index in [-0.39, 0.29) is 38.0 Å². The second-order valence-electron chi connectivity index (χ2n) is 6.92. The molecular formula is C21H21N3O5. The van der Waals surface area contributed by atoms with Gasteiger partial charge in [-0.2, -0.15) is 0 Å². The summed E-state index contributed by atoms with van der Waals surface area (Å²) in [5.41, 5.74) is 1.76. The average molecular weight is 395 g/mol. The molecule has 29 heavy (non-hydrogen) atoms. The molecule has 0 spiro atoms. The van der Waals surface area contributed by atoms with E-state index in [1.165, 1.54) is 4.90 Å². The molecule has 2 aromatic carbocycles. The number of hydrogen-bond donors (Lipinski definition) is 2. The van der Waals surface area contributed by atoms with Crippen molar-refractivity contribution in [3.8, 4) is 11.5 Å². The molecule has 1 fully saturated rings. The smallest absolute Gasteiger partial charge is 0.325 e. The zero-order chi connectivity index (χ0) is 20.2. The second-order valence-corrected chi connectivity index (χ2v) is 6.92. The average Bonchev–Trinajstić information content (AvgIpc) is 3.31. The zero-order valence-corrected chi connectivity index (χ0v) is 15.7. The van der Waals surface area contributed by atoms with Crippen molar-refractivity contribution in [3.63, 3.8) is 0 Å². The number of hydrogen-bond acceptors (Lipinski definition) is 5. The highest BCUT2D eigenvalue weighted by atomic mass is 16.7. The largest absolute Gasteiger partial charge is 0.454 e. The maximum Gasteiger partial charge on any atom is 0.325 e. The fraction of sp³-hybridized carbons (Fsp3) is 0.286. The minimum Gasteiger partial charge on any atom is -0.454 e. The molecule has 1 unspecified atom stereocenters. The van der Waals surface area contributed by atoms with Gasteiger partial charge in [0.15, 0.2) is 11.5 Å². The monoisotopic (exact) mass is 395 g/mol. The quantitative estimate of drug-likeness (QED) is 0.699. The van der Waals surface area contributed by atoms with Crippen LogP contribution in [0.2, 0.25) is 0 Å². The molecule has 0 bridgehead atoms. The predicted molar refractivity (Wildman–Crippen MR) is 103 cm³/mol. The van der Waals surface area contributed by atoms with Gasteiger partial charge in [-0.1, -0.05) is 36.4 Å². The Bertz CT molecular complexity index is 931. The van der Waals surface area contributed by atoms with Crippen molar-refractivity contribution in [2.45, 2.75) is 32.0 Å². The van der Waals surface area contributed by atoms with E-state index >= 15 is 0 Å². The van der Waals surface area contributed by atoms with Crippen LogP contribution in [-0.2, 0) is 22.7 Å². The summed E-state index contributed by atoms with van der Waals surface area (Å²) < 4.78 is 10.6. The van der Waals surface area contributed by atoms with Gasteiger partial charge in [-0.05, 0) is 29.7 Å². The van der Waals surface area contributed by atoms with Crippen LogP contribution in [-0.4, -0.2) is 35.6 Å². The molecule has 0 radical (unpaired) electrons. The first kappa shape index (κ1) is 18.8. The Morgan fingerprint density at radius 1 is 1.07 bits per heavy atom. The Morgan fingerprint density at radius 3 is 2.69 bits per heavy atom. The predicted octanol–water partition coefficient (Wildman–Crippen LogP) is 1.93. The van der Waals surface area contributed by atoms with Crippen LogP contribution in [0.15, 0.2) is 48.5 Å². The Labute approximate surface area is 167 Å². The third kappa shape index (κ3) is 4.31. The van der Waals surface area contributed by atoms with Crippen LogP contribution in [0.5, 0.6) is 11.5 Å². The summed E-state index contributed by atoms with van der Waals surface area (Å²) in [7, 11) is 0. The summed E-state index contributed by atoms with van der Waals surface area (Å²) in [5.74, 6) is 0.860. The van der Waals surface area contributed by atoms with Crippen molar-refractivity contribution >= 4 is 17.8 Å². The maximum absolute atomic E-state index is 12.5. The second kappa shape index (κ2) is 8.22. The van der Waals surface area contributed by atoms with Crippen LogP contribution in [0.25, 0.3) is 0 Å². The zero-order valence-electron chi connectivity index (χ0n) is 15.7. The van der Waals surface area contributed by atoms with Crippen molar-refractivity contribution < 1.29 is 23.9 Å². The van der Waals surface area contributed by atoms with Gasteiger partial charge >= 0.3 is 6.03 Å². The normalized spacial score (nSPS) is 17.4. The van der Waals surface area contributed by atoms with E-state index in [4.69, 9.17) is 9.47 Å². The molecule has 4 amide bonds. The van der Waals surface area contributed by atoms with Gasteiger partial charge in [0.1, 0.15) is 6.04 Å². The molecule has 2 aliphatic rings. The van der Waals surface area contributed by atoms with E-state index in [9.17, 15) is 14.4 Å². The summed E-state index contributed by atoms with van der Waals surface area (Å²) in [6, 6.07) is 13.7. The number of fused-ring (bicyclic) bond motifs is 1. The Balaban J connectivity index is 1.25. The third-order valence-corrected chi connectivity index (χ3v) is 4.88. The van der Waals surface area contributed by atoms with Gasteiger partial charge in [0, 0.05) is 13.0 Å². The van der Waals surface area contributed by atoms with Crippen LogP contribution in [0.1, 0.15) is 24.0 Å². The van der Waals surface area contributed by atoms with Gasteiger partial charge < -0.3 is 20.1 Å². The molecule has 2 heterocycles. The lowest BCUT2D eigenvalue weighted by molar-refractivity contribution is -0.128. The molecule has 0 aromatic heterocycles. The first-order valence-corrected chi connectivity index (χ1v) is 9.41. The first-order valence-electron chi connectivity index (χ1n) is 9.41. The lowest BCUT2D eigenvalue weighted by Gasteiger charge is -2.13. The topological polar surface area (TPSA) is 97.0 Å². The number of imide groups is 1. The summed E-state index contributed by atoms with van der Waals surface area (Å²) in [5, 5.41) is 5.48. The summed E-state index contributed by atoms with van der Waals surface area (Å²) in [6.45, 7) is 0.770. The molecule has 1 saturated heterocycles. The third-order valence-electron chi connectivity index (χ3n) is 4.88. The molecule has 8 heteroatoms. The van der Waals surface area contributed by atoms with E-state index in [0.717, 1.165) is 11.1 Å². The van der Waals surface area contributed by atoms with E-state index in [2.05, 4.69) is 10.6 Å². The minimum absolute atomic E-state index is 0.139. The van der Waals surface area contributed by atoms with Crippen LogP contribution >= 0.6 is 0 Å². The fourth-order valence-electron chi connectivity index (χ4n) is 3.30. The maximum atomic E-state index is 12.5. The molecule has 0 saturated carbocycles. The van der Waals surface area contributed by atoms with Crippen molar-refractivity contribution in [1.29, 1.82) is 0 Å². The van der Waals surface area contributed by atoms with Crippen molar-refractivity contribution in [1.82, 2.24) is 15.5 Å². The number of carbonyl (C=O) groups excluding carboxylic acids is 3. The highest BCUT2D eigenvalue weighted by molar-refractivity contribution is 6.04. The van der Waals surface area contributed by atoms with Gasteiger partial charge in [0.2, 0.25) is 12.7 Å². The lowest BCUT2D eigenvalue weighted by Crippen LogP contribution is -2.32. The van der Waals surface area contributed by atoms with Crippen molar-refractivity contribution in [3.05, 3.63) is 59.7 Å². The number of carbonyl (C=O) groups is 3. The molecule has 2 aliphatic heterocycles. The molecule has 2 N–H and O–H groups in total. The number of nitrogens with one attached hydrogen (secondary N) is 2. The first-order chi connectivity index (χ1) is 14.1. The molecule has 150 valence electrons. The lowest BCUT2D eigenvalue weighted by atomic mass is 10.1. The fourth-order valence-corrected chi connectivity index (χ4v) is 3.30. The van der Waals surface area contributed by atoms with Crippen LogP contribution in [0.3, 0.4) is 0 Å². The van der Waals surface area contributed by atoms with E-state index in [1.54, 1.807) is 6.07 Å². The number of nitrogens with zero attached hydrogens (tertiary/aromatic N) is 1. The molecule has 1 atom stereocenters. The number of amides is 4. The van der Waals surface area contributed by atoms with Crippen LogP contribution in [0, 0.1) is 0 Å². The number of ether oxygens (including phenoxy) is 2. The molecular weight excluding hydrogens is 374 g/mol. The Hall–Kier alpha value is -3.55. The van der Waals surface area contributed by atoms with Crippen molar-refractivity contribution in [2.75, 3.05) is 6.79 Å². The van der Waals surface area contributed by atoms with E-state index in [0.29, 0.717) is 18.0 Å². The van der Waals surface area contributed by atoms with Gasteiger partial charge in [0.25, 0.3) is 5.91 Å². The number of rotatable bonds is 7. The summed E-state index contributed by atoms with van der Waals surface area (Å²) in [6.07, 6.45) is 0.392. The number of benzene rings is 2. The number of urea groups is 1. The van der Waals surface area contributed by atoms with E-state index in [1.807, 2.05) is 42.5 Å². The van der Waals surface area contributed by atoms with Crippen molar-refractivity contribution in [2.24, 2.45) is 0 Å². The van der Waals surface area contributed by atoms with Gasteiger partial charge in [-0.3, -0.25) is 14.5 Å². The van der Waals surface area contributed by atoms with Gasteiger partial charge in [-0.25, -0.2) is 4.79 Å². The SMILES string of the molecule is O=C(CCC1NC(=O)N(Cc2ccccc2)C1=O)NCc1ccc2c(c1)OCO2. The highest BCUT2D eigenvalue weighted by Gasteiger charge is 2.37. The minimum atomic E-state index is -0.678.